The van der Waals surface area contributed by atoms with Gasteiger partial charge in [-0.3, -0.25) is 4.79 Å². The first kappa shape index (κ1) is 22.2. The molecule has 1 N–H and O–H groups in total. The summed E-state index contributed by atoms with van der Waals surface area (Å²) >= 11 is 0. The number of aliphatic hydroxyl groups is 1. The summed E-state index contributed by atoms with van der Waals surface area (Å²) in [6.07, 6.45) is 0. The average molecular weight is 427 g/mol. The summed E-state index contributed by atoms with van der Waals surface area (Å²) in [5, 5.41) is 9.45. The molecule has 0 heterocycles. The SMILES string of the molecule is COc1ccc(OC)c(CN(CCO)C(=O)c2ccc(-c3ccc(F)cc3)cc2F)c1. The van der Waals surface area contributed by atoms with Crippen LogP contribution in [0.15, 0.2) is 60.7 Å². The highest BCUT2D eigenvalue weighted by Crippen LogP contribution is 2.27. The smallest absolute Gasteiger partial charge is 0.257 e. The summed E-state index contributed by atoms with van der Waals surface area (Å²) in [5.41, 5.74) is 1.69. The molecule has 0 saturated carbocycles. The topological polar surface area (TPSA) is 59.0 Å². The van der Waals surface area contributed by atoms with Gasteiger partial charge in [0.25, 0.3) is 5.91 Å². The third-order valence-electron chi connectivity index (χ3n) is 4.88. The van der Waals surface area contributed by atoms with Gasteiger partial charge in [0.05, 0.1) is 26.4 Å². The van der Waals surface area contributed by atoms with Crippen LogP contribution < -0.4 is 9.47 Å². The van der Waals surface area contributed by atoms with Crippen LogP contribution in [0.2, 0.25) is 0 Å². The maximum Gasteiger partial charge on any atom is 0.257 e. The van der Waals surface area contributed by atoms with Crippen molar-refractivity contribution in [2.75, 3.05) is 27.4 Å². The first-order chi connectivity index (χ1) is 15.0. The molecule has 0 aliphatic rings. The zero-order chi connectivity index (χ0) is 22.4. The number of hydrogen-bond acceptors (Lipinski definition) is 4. The molecule has 0 unspecified atom stereocenters. The molecule has 0 aliphatic heterocycles. The molecular formula is C24H23F2NO4. The van der Waals surface area contributed by atoms with Crippen LogP contribution in [0, 0.1) is 11.6 Å². The van der Waals surface area contributed by atoms with Gasteiger partial charge in [0.15, 0.2) is 0 Å². The molecule has 3 aromatic carbocycles. The number of hydrogen-bond donors (Lipinski definition) is 1. The molecule has 5 nitrogen and oxygen atoms in total. The van der Waals surface area contributed by atoms with E-state index >= 15 is 0 Å². The Bertz CT molecular complexity index is 1050. The number of ether oxygens (including phenoxy) is 2. The minimum absolute atomic E-state index is 0.0123. The van der Waals surface area contributed by atoms with Crippen molar-refractivity contribution in [3.8, 4) is 22.6 Å². The number of carbonyl (C=O) groups excluding carboxylic acids is 1. The normalized spacial score (nSPS) is 10.6. The maximum absolute atomic E-state index is 14.8. The van der Waals surface area contributed by atoms with Crippen molar-refractivity contribution < 1.29 is 28.2 Å². The molecule has 0 atom stereocenters. The van der Waals surface area contributed by atoms with Crippen molar-refractivity contribution in [1.29, 1.82) is 0 Å². The molecule has 31 heavy (non-hydrogen) atoms. The Morgan fingerprint density at radius 2 is 1.65 bits per heavy atom. The highest BCUT2D eigenvalue weighted by molar-refractivity contribution is 5.95. The number of carbonyl (C=O) groups is 1. The molecule has 0 fully saturated rings. The molecule has 0 aliphatic carbocycles. The van der Waals surface area contributed by atoms with E-state index in [1.54, 1.807) is 36.4 Å². The zero-order valence-corrected chi connectivity index (χ0v) is 17.3. The Hall–Kier alpha value is -3.45. The monoisotopic (exact) mass is 427 g/mol. The van der Waals surface area contributed by atoms with Crippen molar-refractivity contribution in [3.63, 3.8) is 0 Å². The van der Waals surface area contributed by atoms with Crippen LogP contribution in [0.4, 0.5) is 8.78 Å². The second-order valence-corrected chi connectivity index (χ2v) is 6.83. The van der Waals surface area contributed by atoms with Crippen LogP contribution in [0.1, 0.15) is 15.9 Å². The number of benzene rings is 3. The van der Waals surface area contributed by atoms with Gasteiger partial charge in [0.1, 0.15) is 23.1 Å². The molecule has 3 rings (SSSR count). The Morgan fingerprint density at radius 3 is 2.26 bits per heavy atom. The summed E-state index contributed by atoms with van der Waals surface area (Å²) in [4.78, 5) is 14.4. The van der Waals surface area contributed by atoms with E-state index in [0.717, 1.165) is 0 Å². The van der Waals surface area contributed by atoms with Gasteiger partial charge in [-0.2, -0.15) is 0 Å². The molecule has 0 spiro atoms. The second-order valence-electron chi connectivity index (χ2n) is 6.83. The van der Waals surface area contributed by atoms with Crippen molar-refractivity contribution >= 4 is 5.91 Å². The molecule has 0 bridgehead atoms. The molecule has 3 aromatic rings. The summed E-state index contributed by atoms with van der Waals surface area (Å²) in [6.45, 7) is -0.176. The fraction of sp³-hybridized carbons (Fsp3) is 0.208. The molecule has 162 valence electrons. The number of aliphatic hydroxyl groups excluding tert-OH is 1. The van der Waals surface area contributed by atoms with Gasteiger partial charge in [0, 0.05) is 18.7 Å². The van der Waals surface area contributed by atoms with E-state index in [0.29, 0.717) is 28.2 Å². The number of nitrogens with zero attached hydrogens (tertiary/aromatic N) is 1. The molecule has 0 radical (unpaired) electrons. The fourth-order valence-electron chi connectivity index (χ4n) is 3.27. The Morgan fingerprint density at radius 1 is 0.935 bits per heavy atom. The van der Waals surface area contributed by atoms with E-state index in [2.05, 4.69) is 0 Å². The fourth-order valence-corrected chi connectivity index (χ4v) is 3.27. The van der Waals surface area contributed by atoms with Gasteiger partial charge < -0.3 is 19.5 Å². The van der Waals surface area contributed by atoms with Crippen molar-refractivity contribution in [1.82, 2.24) is 4.90 Å². The van der Waals surface area contributed by atoms with Gasteiger partial charge >= 0.3 is 0 Å². The second kappa shape index (κ2) is 10.0. The quantitative estimate of drug-likeness (QED) is 0.583. The van der Waals surface area contributed by atoms with E-state index in [-0.39, 0.29) is 31.1 Å². The number of rotatable bonds is 8. The van der Waals surface area contributed by atoms with Crippen LogP contribution in [0.5, 0.6) is 11.5 Å². The first-order valence-electron chi connectivity index (χ1n) is 9.63. The number of methoxy groups -OCH3 is 2. The van der Waals surface area contributed by atoms with Crippen LogP contribution in [-0.2, 0) is 6.54 Å². The minimum Gasteiger partial charge on any atom is -0.497 e. The summed E-state index contributed by atoms with van der Waals surface area (Å²) in [7, 11) is 3.04. The van der Waals surface area contributed by atoms with Crippen LogP contribution in [0.25, 0.3) is 11.1 Å². The Balaban J connectivity index is 1.89. The van der Waals surface area contributed by atoms with E-state index in [1.165, 1.54) is 43.4 Å². The molecule has 7 heteroatoms. The maximum atomic E-state index is 14.8. The lowest BCUT2D eigenvalue weighted by atomic mass is 10.0. The molecule has 0 aromatic heterocycles. The third-order valence-corrected chi connectivity index (χ3v) is 4.88. The van der Waals surface area contributed by atoms with Crippen LogP contribution in [-0.4, -0.2) is 43.3 Å². The molecule has 1 amide bonds. The Kier molecular flexibility index (Phi) is 7.20. The molecule has 0 saturated heterocycles. The standard InChI is InChI=1S/C24H23F2NO4/c1-30-20-8-10-23(31-2)18(13-20)15-27(11-12-28)24(29)21-9-5-17(14-22(21)26)16-3-6-19(25)7-4-16/h3-10,13-14,28H,11-12,15H2,1-2H3. The lowest BCUT2D eigenvalue weighted by Crippen LogP contribution is -2.33. The van der Waals surface area contributed by atoms with E-state index in [1.807, 2.05) is 0 Å². The van der Waals surface area contributed by atoms with Gasteiger partial charge in [0.2, 0.25) is 0 Å². The van der Waals surface area contributed by atoms with Gasteiger partial charge in [-0.15, -0.1) is 0 Å². The van der Waals surface area contributed by atoms with E-state index in [9.17, 15) is 18.7 Å². The van der Waals surface area contributed by atoms with Gasteiger partial charge in [-0.25, -0.2) is 8.78 Å². The summed E-state index contributed by atoms with van der Waals surface area (Å²) < 4.78 is 38.6. The lowest BCUT2D eigenvalue weighted by molar-refractivity contribution is 0.0701. The van der Waals surface area contributed by atoms with E-state index in [4.69, 9.17) is 9.47 Å². The van der Waals surface area contributed by atoms with Crippen molar-refractivity contribution in [3.05, 3.63) is 83.4 Å². The summed E-state index contributed by atoms with van der Waals surface area (Å²) in [6, 6.07) is 15.1. The first-order valence-corrected chi connectivity index (χ1v) is 9.63. The van der Waals surface area contributed by atoms with Gasteiger partial charge in [-0.1, -0.05) is 18.2 Å². The van der Waals surface area contributed by atoms with Crippen molar-refractivity contribution in [2.24, 2.45) is 0 Å². The van der Waals surface area contributed by atoms with E-state index < -0.39 is 11.7 Å². The third kappa shape index (κ3) is 5.19. The highest BCUT2D eigenvalue weighted by Gasteiger charge is 2.21. The molecular weight excluding hydrogens is 404 g/mol. The highest BCUT2D eigenvalue weighted by atomic mass is 19.1. The Labute approximate surface area is 179 Å². The lowest BCUT2D eigenvalue weighted by Gasteiger charge is -2.23. The average Bonchev–Trinajstić information content (AvgIpc) is 2.78. The number of halogens is 2. The van der Waals surface area contributed by atoms with Crippen LogP contribution in [0.3, 0.4) is 0 Å². The van der Waals surface area contributed by atoms with Gasteiger partial charge in [-0.05, 0) is 53.6 Å². The zero-order valence-electron chi connectivity index (χ0n) is 17.3. The number of amides is 1. The van der Waals surface area contributed by atoms with Crippen LogP contribution >= 0.6 is 0 Å². The van der Waals surface area contributed by atoms with Crippen molar-refractivity contribution in [2.45, 2.75) is 6.54 Å². The largest absolute Gasteiger partial charge is 0.497 e. The summed E-state index contributed by atoms with van der Waals surface area (Å²) in [5.74, 6) is -0.524. The predicted octanol–water partition coefficient (Wildman–Crippen LogP) is 4.28. The predicted molar refractivity (Wildman–Crippen MR) is 113 cm³/mol. The minimum atomic E-state index is -0.702.